The molecule has 2 rings (SSSR count). The zero-order valence-corrected chi connectivity index (χ0v) is 11.1. The molecule has 0 aliphatic carbocycles. The molecular weight excluding hydrogens is 262 g/mol. The molecule has 2 aromatic rings. The number of para-hydroxylation sites is 1. The van der Waals surface area contributed by atoms with Crippen LogP contribution in [0.25, 0.3) is 10.9 Å². The van der Waals surface area contributed by atoms with Crippen molar-refractivity contribution in [3.8, 4) is 0 Å². The summed E-state index contributed by atoms with van der Waals surface area (Å²) in [5.41, 5.74) is 0.0816. The lowest BCUT2D eigenvalue weighted by Crippen LogP contribution is -2.14. The second kappa shape index (κ2) is 5.56. The molecular formula is C14H13NO5. The molecule has 0 unspecified atom stereocenters. The number of rotatable bonds is 3. The summed E-state index contributed by atoms with van der Waals surface area (Å²) in [6.07, 6.45) is 0. The standard InChI is InChI=1S/C14H13NO5/c1-3-20-13(17)9-6-4-5-8-11(16)7-10(14(18)19-2)15-12(8)9/h4-7H,3H2,1-2H3,(H,15,16). The van der Waals surface area contributed by atoms with Crippen LogP contribution in [0.1, 0.15) is 27.8 Å². The highest BCUT2D eigenvalue weighted by Gasteiger charge is 2.16. The van der Waals surface area contributed by atoms with E-state index in [-0.39, 0.29) is 28.8 Å². The molecule has 0 bridgehead atoms. The average molecular weight is 275 g/mol. The number of esters is 2. The number of carbonyl (C=O) groups excluding carboxylic acids is 2. The van der Waals surface area contributed by atoms with Gasteiger partial charge in [0.2, 0.25) is 0 Å². The molecule has 0 amide bonds. The van der Waals surface area contributed by atoms with Gasteiger partial charge in [0.1, 0.15) is 5.69 Å². The normalized spacial score (nSPS) is 10.3. The molecule has 0 atom stereocenters. The number of aromatic nitrogens is 1. The molecule has 6 nitrogen and oxygen atoms in total. The second-order valence-corrected chi connectivity index (χ2v) is 3.99. The number of H-pyrrole nitrogens is 1. The van der Waals surface area contributed by atoms with Crippen LogP contribution in [0.3, 0.4) is 0 Å². The van der Waals surface area contributed by atoms with E-state index in [4.69, 9.17) is 4.74 Å². The van der Waals surface area contributed by atoms with Crippen molar-refractivity contribution in [2.45, 2.75) is 6.92 Å². The molecule has 1 N–H and O–H groups in total. The first-order valence-corrected chi connectivity index (χ1v) is 6.00. The van der Waals surface area contributed by atoms with Crippen molar-refractivity contribution in [1.29, 1.82) is 0 Å². The Bertz CT molecular complexity index is 732. The first kappa shape index (κ1) is 13.8. The fourth-order valence-electron chi connectivity index (χ4n) is 1.87. The number of benzene rings is 1. The molecule has 1 aromatic carbocycles. The van der Waals surface area contributed by atoms with E-state index < -0.39 is 11.9 Å². The third-order valence-electron chi connectivity index (χ3n) is 2.77. The van der Waals surface area contributed by atoms with E-state index in [0.717, 1.165) is 6.07 Å². The Morgan fingerprint density at radius 2 is 2.00 bits per heavy atom. The molecule has 0 saturated carbocycles. The van der Waals surface area contributed by atoms with Crippen LogP contribution in [0.15, 0.2) is 29.1 Å². The Labute approximate surface area is 114 Å². The van der Waals surface area contributed by atoms with Gasteiger partial charge in [0.05, 0.1) is 24.8 Å². The quantitative estimate of drug-likeness (QED) is 0.858. The van der Waals surface area contributed by atoms with Crippen molar-refractivity contribution in [1.82, 2.24) is 4.98 Å². The Hall–Kier alpha value is -2.63. The van der Waals surface area contributed by atoms with Crippen LogP contribution < -0.4 is 5.43 Å². The number of hydrogen-bond donors (Lipinski definition) is 1. The summed E-state index contributed by atoms with van der Waals surface area (Å²) in [4.78, 5) is 38.1. The molecule has 0 saturated heterocycles. The van der Waals surface area contributed by atoms with Gasteiger partial charge in [-0.25, -0.2) is 9.59 Å². The van der Waals surface area contributed by atoms with E-state index in [1.54, 1.807) is 19.1 Å². The minimum Gasteiger partial charge on any atom is -0.464 e. The lowest BCUT2D eigenvalue weighted by Gasteiger charge is -2.07. The minimum absolute atomic E-state index is 0.0123. The third-order valence-corrected chi connectivity index (χ3v) is 2.77. The zero-order chi connectivity index (χ0) is 14.7. The van der Waals surface area contributed by atoms with E-state index in [9.17, 15) is 14.4 Å². The number of methoxy groups -OCH3 is 1. The summed E-state index contributed by atoms with van der Waals surface area (Å²) < 4.78 is 9.49. The third kappa shape index (κ3) is 2.40. The van der Waals surface area contributed by atoms with E-state index in [2.05, 4.69) is 9.72 Å². The molecule has 0 aliphatic rings. The number of fused-ring (bicyclic) bond motifs is 1. The average Bonchev–Trinajstić information content (AvgIpc) is 2.46. The van der Waals surface area contributed by atoms with Crippen LogP contribution >= 0.6 is 0 Å². The van der Waals surface area contributed by atoms with Crippen LogP contribution in [0.4, 0.5) is 0 Å². The summed E-state index contributed by atoms with van der Waals surface area (Å²) in [6, 6.07) is 5.82. The number of ether oxygens (including phenoxy) is 2. The highest BCUT2D eigenvalue weighted by molar-refractivity contribution is 6.03. The molecule has 0 fully saturated rings. The van der Waals surface area contributed by atoms with Gasteiger partial charge in [0, 0.05) is 11.5 Å². The van der Waals surface area contributed by atoms with Crippen molar-refractivity contribution >= 4 is 22.8 Å². The number of nitrogens with one attached hydrogen (secondary N) is 1. The van der Waals surface area contributed by atoms with Gasteiger partial charge >= 0.3 is 11.9 Å². The van der Waals surface area contributed by atoms with Gasteiger partial charge in [-0.05, 0) is 19.1 Å². The second-order valence-electron chi connectivity index (χ2n) is 3.99. The Morgan fingerprint density at radius 3 is 2.65 bits per heavy atom. The van der Waals surface area contributed by atoms with E-state index in [1.165, 1.54) is 13.2 Å². The van der Waals surface area contributed by atoms with Crippen molar-refractivity contribution in [2.75, 3.05) is 13.7 Å². The van der Waals surface area contributed by atoms with Crippen LogP contribution in [0, 0.1) is 0 Å². The van der Waals surface area contributed by atoms with Gasteiger partial charge in [-0.1, -0.05) is 6.07 Å². The maximum absolute atomic E-state index is 12.0. The highest BCUT2D eigenvalue weighted by Crippen LogP contribution is 2.15. The largest absolute Gasteiger partial charge is 0.464 e. The summed E-state index contributed by atoms with van der Waals surface area (Å²) in [5, 5.41) is 0.309. The van der Waals surface area contributed by atoms with Crippen LogP contribution in [0.5, 0.6) is 0 Å². The van der Waals surface area contributed by atoms with Gasteiger partial charge < -0.3 is 14.5 Å². The fraction of sp³-hybridized carbons (Fsp3) is 0.214. The van der Waals surface area contributed by atoms with E-state index in [1.807, 2.05) is 0 Å². The van der Waals surface area contributed by atoms with E-state index >= 15 is 0 Å². The molecule has 6 heteroatoms. The smallest absolute Gasteiger partial charge is 0.354 e. The maximum atomic E-state index is 12.0. The first-order chi connectivity index (χ1) is 9.58. The topological polar surface area (TPSA) is 85.5 Å². The van der Waals surface area contributed by atoms with Crippen molar-refractivity contribution in [2.24, 2.45) is 0 Å². The van der Waals surface area contributed by atoms with Crippen LogP contribution in [0.2, 0.25) is 0 Å². The van der Waals surface area contributed by atoms with Crippen molar-refractivity contribution in [3.63, 3.8) is 0 Å². The fourth-order valence-corrected chi connectivity index (χ4v) is 1.87. The van der Waals surface area contributed by atoms with Gasteiger partial charge in [-0.15, -0.1) is 0 Å². The van der Waals surface area contributed by atoms with Gasteiger partial charge in [0.15, 0.2) is 5.43 Å². The van der Waals surface area contributed by atoms with Gasteiger partial charge in [-0.3, -0.25) is 4.79 Å². The van der Waals surface area contributed by atoms with Crippen LogP contribution in [-0.2, 0) is 9.47 Å². The Balaban J connectivity index is 2.71. The van der Waals surface area contributed by atoms with Crippen molar-refractivity contribution < 1.29 is 19.1 Å². The predicted octanol–water partition coefficient (Wildman–Crippen LogP) is 1.49. The number of pyridine rings is 1. The predicted molar refractivity (Wildman–Crippen MR) is 71.9 cm³/mol. The molecule has 20 heavy (non-hydrogen) atoms. The SMILES string of the molecule is CCOC(=O)c1cccc2c(=O)cc(C(=O)OC)[nH]c12. The highest BCUT2D eigenvalue weighted by atomic mass is 16.5. The zero-order valence-electron chi connectivity index (χ0n) is 11.1. The molecule has 104 valence electrons. The Kier molecular flexibility index (Phi) is 3.84. The number of carbonyl (C=O) groups is 2. The van der Waals surface area contributed by atoms with Gasteiger partial charge in [0.25, 0.3) is 0 Å². The van der Waals surface area contributed by atoms with Crippen LogP contribution in [-0.4, -0.2) is 30.6 Å². The summed E-state index contributed by atoms with van der Waals surface area (Å²) in [7, 11) is 1.21. The summed E-state index contributed by atoms with van der Waals surface area (Å²) in [6.45, 7) is 1.90. The lowest BCUT2D eigenvalue weighted by atomic mass is 10.1. The number of aromatic amines is 1. The molecule has 0 radical (unpaired) electrons. The number of hydrogen-bond acceptors (Lipinski definition) is 5. The molecule has 1 heterocycles. The lowest BCUT2D eigenvalue weighted by molar-refractivity contribution is 0.0526. The van der Waals surface area contributed by atoms with Gasteiger partial charge in [-0.2, -0.15) is 0 Å². The molecule has 0 aliphatic heterocycles. The summed E-state index contributed by atoms with van der Waals surface area (Å²) >= 11 is 0. The maximum Gasteiger partial charge on any atom is 0.354 e. The molecule has 1 aromatic heterocycles. The summed E-state index contributed by atoms with van der Waals surface area (Å²) in [5.74, 6) is -1.24. The van der Waals surface area contributed by atoms with Crippen molar-refractivity contribution in [3.05, 3.63) is 45.7 Å². The van der Waals surface area contributed by atoms with E-state index in [0.29, 0.717) is 5.39 Å². The monoisotopic (exact) mass is 275 g/mol. The molecule has 0 spiro atoms. The Morgan fingerprint density at radius 1 is 1.25 bits per heavy atom. The minimum atomic E-state index is -0.678. The first-order valence-electron chi connectivity index (χ1n) is 6.00.